The monoisotopic (exact) mass is 323 g/mol. The third-order valence-electron chi connectivity index (χ3n) is 2.47. The summed E-state index contributed by atoms with van der Waals surface area (Å²) in [6.45, 7) is 1.19. The Morgan fingerprint density at radius 1 is 1.50 bits per heavy atom. The Balaban J connectivity index is 3.15. The lowest BCUT2D eigenvalue weighted by atomic mass is 10.3. The fourth-order valence-corrected chi connectivity index (χ4v) is 4.52. The number of thiophene rings is 1. The van der Waals surface area contributed by atoms with E-state index in [9.17, 15) is 13.2 Å². The van der Waals surface area contributed by atoms with E-state index >= 15 is 0 Å². The molecule has 0 aliphatic rings. The van der Waals surface area contributed by atoms with E-state index < -0.39 is 28.6 Å². The highest BCUT2D eigenvalue weighted by molar-refractivity contribution is 7.89. The lowest BCUT2D eigenvalue weighted by Gasteiger charge is -2.16. The van der Waals surface area contributed by atoms with Gasteiger partial charge < -0.3 is 14.6 Å². The topological polar surface area (TPSA) is 102 Å². The zero-order valence-corrected chi connectivity index (χ0v) is 13.0. The first kappa shape index (κ1) is 17.1. The molecule has 0 bridgehead atoms. The van der Waals surface area contributed by atoms with E-state index in [1.54, 1.807) is 12.3 Å². The quantitative estimate of drug-likeness (QED) is 0.692. The number of rotatable bonds is 7. The maximum absolute atomic E-state index is 12.3. The van der Waals surface area contributed by atoms with Crippen molar-refractivity contribution in [1.29, 1.82) is 0 Å². The van der Waals surface area contributed by atoms with Crippen molar-refractivity contribution in [2.45, 2.75) is 17.9 Å². The molecule has 20 heavy (non-hydrogen) atoms. The van der Waals surface area contributed by atoms with Crippen molar-refractivity contribution >= 4 is 27.3 Å². The summed E-state index contributed by atoms with van der Waals surface area (Å²) in [6, 6.07) is -0.783. The molecule has 0 aromatic carbocycles. The summed E-state index contributed by atoms with van der Waals surface area (Å²) in [5, 5.41) is 10.7. The van der Waals surface area contributed by atoms with Gasteiger partial charge in [-0.05, 0) is 17.9 Å². The minimum absolute atomic E-state index is 0.00612. The van der Waals surface area contributed by atoms with Crippen LogP contribution in [0, 0.1) is 6.92 Å². The number of aliphatic hydroxyl groups is 1. The first-order valence-corrected chi connectivity index (χ1v) is 8.02. The molecule has 0 aliphatic carbocycles. The smallest absolute Gasteiger partial charge is 0.349 e. The predicted molar refractivity (Wildman–Crippen MR) is 73.5 cm³/mol. The molecule has 0 saturated carbocycles. The minimum atomic E-state index is -3.95. The fraction of sp³-hybridized carbons (Fsp3) is 0.545. The van der Waals surface area contributed by atoms with Crippen LogP contribution in [0.15, 0.2) is 10.3 Å². The van der Waals surface area contributed by atoms with Gasteiger partial charge in [0.2, 0.25) is 10.0 Å². The maximum Gasteiger partial charge on any atom is 0.349 e. The highest BCUT2D eigenvalue weighted by Crippen LogP contribution is 2.27. The SMILES string of the molecule is COCC(CO)NS(=O)(=O)c1c(C)csc1C(=O)OC. The molecule has 0 fully saturated rings. The average molecular weight is 323 g/mol. The molecule has 0 aliphatic heterocycles. The first-order valence-electron chi connectivity index (χ1n) is 5.65. The van der Waals surface area contributed by atoms with Crippen molar-refractivity contribution < 1.29 is 27.8 Å². The molecule has 1 heterocycles. The van der Waals surface area contributed by atoms with Crippen LogP contribution in [-0.2, 0) is 19.5 Å². The van der Waals surface area contributed by atoms with Crippen LogP contribution in [0.1, 0.15) is 15.2 Å². The number of aliphatic hydroxyl groups excluding tert-OH is 1. The van der Waals surface area contributed by atoms with Crippen LogP contribution in [0.5, 0.6) is 0 Å². The largest absolute Gasteiger partial charge is 0.465 e. The second-order valence-corrected chi connectivity index (χ2v) is 6.56. The van der Waals surface area contributed by atoms with Gasteiger partial charge in [0.1, 0.15) is 9.77 Å². The molecule has 2 N–H and O–H groups in total. The molecule has 9 heteroatoms. The Morgan fingerprint density at radius 2 is 2.15 bits per heavy atom. The summed E-state index contributed by atoms with van der Waals surface area (Å²) in [5.41, 5.74) is 0.442. The number of hydrogen-bond donors (Lipinski definition) is 2. The first-order chi connectivity index (χ1) is 9.37. The molecular formula is C11H17NO6S2. The number of aryl methyl sites for hydroxylation is 1. The molecule has 1 atom stereocenters. The molecule has 0 amide bonds. The van der Waals surface area contributed by atoms with Crippen molar-refractivity contribution in [3.63, 3.8) is 0 Å². The lowest BCUT2D eigenvalue weighted by Crippen LogP contribution is -2.41. The molecule has 7 nitrogen and oxygen atoms in total. The van der Waals surface area contributed by atoms with Gasteiger partial charge in [0.15, 0.2) is 0 Å². The third kappa shape index (κ3) is 3.76. The van der Waals surface area contributed by atoms with Gasteiger partial charge in [-0.2, -0.15) is 0 Å². The fourth-order valence-electron chi connectivity index (χ4n) is 1.60. The predicted octanol–water partition coefficient (Wildman–Crippen LogP) is 0.129. The van der Waals surface area contributed by atoms with Gasteiger partial charge in [0.25, 0.3) is 0 Å². The van der Waals surface area contributed by atoms with Crippen LogP contribution in [0.25, 0.3) is 0 Å². The van der Waals surface area contributed by atoms with E-state index in [2.05, 4.69) is 9.46 Å². The Kier molecular flexibility index (Phi) is 6.08. The standard InChI is InChI=1S/C11H17NO6S2/c1-7-6-19-9(11(14)18-3)10(7)20(15,16)12-8(4-13)5-17-2/h6,8,12-13H,4-5H2,1-3H3. The number of carbonyl (C=O) groups excluding carboxylic acids is 1. The van der Waals surface area contributed by atoms with E-state index in [1.807, 2.05) is 0 Å². The van der Waals surface area contributed by atoms with Crippen LogP contribution < -0.4 is 4.72 Å². The average Bonchev–Trinajstić information content (AvgIpc) is 2.79. The number of sulfonamides is 1. The Hall–Kier alpha value is -1.00. The van der Waals surface area contributed by atoms with Gasteiger partial charge in [-0.15, -0.1) is 11.3 Å². The van der Waals surface area contributed by atoms with Crippen LogP contribution in [0.4, 0.5) is 0 Å². The third-order valence-corrected chi connectivity index (χ3v) is 5.38. The van der Waals surface area contributed by atoms with Crippen LogP contribution in [-0.4, -0.2) is 53.0 Å². The number of ether oxygens (including phenoxy) is 2. The second-order valence-electron chi connectivity index (χ2n) is 4.02. The highest BCUT2D eigenvalue weighted by Gasteiger charge is 2.29. The van der Waals surface area contributed by atoms with E-state index in [0.717, 1.165) is 11.3 Å². The van der Waals surface area contributed by atoms with Crippen molar-refractivity contribution in [3.8, 4) is 0 Å². The molecular weight excluding hydrogens is 306 g/mol. The van der Waals surface area contributed by atoms with Crippen LogP contribution in [0.2, 0.25) is 0 Å². The van der Waals surface area contributed by atoms with Gasteiger partial charge in [-0.1, -0.05) is 0 Å². The second kappa shape index (κ2) is 7.14. The molecule has 1 unspecified atom stereocenters. The summed E-state index contributed by atoms with van der Waals surface area (Å²) in [4.78, 5) is 11.5. The Morgan fingerprint density at radius 3 is 2.65 bits per heavy atom. The van der Waals surface area contributed by atoms with E-state index in [1.165, 1.54) is 14.2 Å². The van der Waals surface area contributed by atoms with Gasteiger partial charge >= 0.3 is 5.97 Å². The van der Waals surface area contributed by atoms with Crippen molar-refractivity contribution in [1.82, 2.24) is 4.72 Å². The molecule has 114 valence electrons. The molecule has 0 radical (unpaired) electrons. The van der Waals surface area contributed by atoms with Crippen molar-refractivity contribution in [3.05, 3.63) is 15.8 Å². The van der Waals surface area contributed by atoms with Crippen LogP contribution in [0.3, 0.4) is 0 Å². The van der Waals surface area contributed by atoms with Crippen LogP contribution >= 0.6 is 11.3 Å². The summed E-state index contributed by atoms with van der Waals surface area (Å²) in [7, 11) is -1.37. The molecule has 0 spiro atoms. The Labute approximate surface area is 121 Å². The van der Waals surface area contributed by atoms with E-state index in [-0.39, 0.29) is 16.4 Å². The number of carbonyl (C=O) groups is 1. The van der Waals surface area contributed by atoms with E-state index in [4.69, 9.17) is 9.84 Å². The number of methoxy groups -OCH3 is 2. The maximum atomic E-state index is 12.3. The van der Waals surface area contributed by atoms with Crippen molar-refractivity contribution in [2.24, 2.45) is 0 Å². The van der Waals surface area contributed by atoms with Gasteiger partial charge in [-0.3, -0.25) is 0 Å². The van der Waals surface area contributed by atoms with Gasteiger partial charge in [-0.25, -0.2) is 17.9 Å². The summed E-state index contributed by atoms with van der Waals surface area (Å²) >= 11 is 0.996. The molecule has 0 saturated heterocycles. The highest BCUT2D eigenvalue weighted by atomic mass is 32.2. The number of hydrogen-bond acceptors (Lipinski definition) is 7. The zero-order valence-electron chi connectivity index (χ0n) is 11.4. The summed E-state index contributed by atoms with van der Waals surface area (Å²) < 4.78 is 36.3. The van der Waals surface area contributed by atoms with E-state index in [0.29, 0.717) is 5.56 Å². The lowest BCUT2D eigenvalue weighted by molar-refractivity contribution is 0.0602. The zero-order chi connectivity index (χ0) is 15.3. The van der Waals surface area contributed by atoms with Gasteiger partial charge in [0.05, 0.1) is 26.4 Å². The number of nitrogens with one attached hydrogen (secondary N) is 1. The summed E-state index contributed by atoms with van der Waals surface area (Å²) in [6.07, 6.45) is 0. The Bertz CT molecular complexity index is 565. The van der Waals surface area contributed by atoms with Gasteiger partial charge in [0, 0.05) is 7.11 Å². The molecule has 1 aromatic rings. The molecule has 1 aromatic heterocycles. The molecule has 1 rings (SSSR count). The normalized spacial score (nSPS) is 13.2. The van der Waals surface area contributed by atoms with Crippen molar-refractivity contribution in [2.75, 3.05) is 27.4 Å². The minimum Gasteiger partial charge on any atom is -0.465 e. The summed E-state index contributed by atoms with van der Waals surface area (Å²) in [5.74, 6) is -0.712. The number of esters is 1.